The summed E-state index contributed by atoms with van der Waals surface area (Å²) in [4.78, 5) is 27.5. The molecule has 144 valence electrons. The Kier molecular flexibility index (Phi) is 4.77. The third-order valence-electron chi connectivity index (χ3n) is 5.32. The van der Waals surface area contributed by atoms with Gasteiger partial charge in [0.15, 0.2) is 0 Å². The summed E-state index contributed by atoms with van der Waals surface area (Å²) in [5.41, 5.74) is 4.44. The number of aryl methyl sites for hydroxylation is 2. The molecule has 0 unspecified atom stereocenters. The normalized spacial score (nSPS) is 14.1. The quantitative estimate of drug-likeness (QED) is 0.508. The molecule has 3 aromatic carbocycles. The first-order valence-electron chi connectivity index (χ1n) is 9.55. The molecule has 0 spiro atoms. The largest absolute Gasteiger partial charge is 0.350 e. The van der Waals surface area contributed by atoms with Crippen LogP contribution in [0, 0.1) is 13.8 Å². The lowest BCUT2D eigenvalue weighted by Gasteiger charge is -2.13. The van der Waals surface area contributed by atoms with E-state index in [9.17, 15) is 9.59 Å². The number of nitrogens with zero attached hydrogens (tertiary/aromatic N) is 1. The maximum Gasteiger partial charge on any atom is 0.278 e. The van der Waals surface area contributed by atoms with Crippen molar-refractivity contribution in [3.8, 4) is 0 Å². The van der Waals surface area contributed by atoms with Crippen LogP contribution in [0.4, 0.5) is 5.69 Å². The van der Waals surface area contributed by atoms with Crippen LogP contribution in [0.2, 0.25) is 0 Å². The van der Waals surface area contributed by atoms with Crippen LogP contribution >= 0.6 is 0 Å². The second-order valence-corrected chi connectivity index (χ2v) is 7.21. The van der Waals surface area contributed by atoms with Crippen LogP contribution in [0.3, 0.4) is 0 Å². The molecule has 0 bridgehead atoms. The van der Waals surface area contributed by atoms with E-state index in [1.54, 1.807) is 6.08 Å². The minimum atomic E-state index is -0.337. The number of amides is 2. The van der Waals surface area contributed by atoms with Crippen LogP contribution in [-0.4, -0.2) is 23.3 Å². The van der Waals surface area contributed by atoms with Crippen molar-refractivity contribution >= 4 is 33.8 Å². The van der Waals surface area contributed by atoms with Gasteiger partial charge in [0.05, 0.1) is 5.57 Å². The van der Waals surface area contributed by atoms with E-state index in [4.69, 9.17) is 0 Å². The monoisotopic (exact) mass is 382 g/mol. The van der Waals surface area contributed by atoms with Crippen molar-refractivity contribution in [3.63, 3.8) is 0 Å². The third-order valence-corrected chi connectivity index (χ3v) is 5.32. The first-order chi connectivity index (χ1) is 14.0. The van der Waals surface area contributed by atoms with Gasteiger partial charge in [-0.3, -0.25) is 14.5 Å². The molecule has 4 rings (SSSR count). The zero-order valence-corrected chi connectivity index (χ0v) is 16.5. The molecule has 1 aliphatic heterocycles. The van der Waals surface area contributed by atoms with Crippen LogP contribution in [0.25, 0.3) is 16.3 Å². The summed E-state index contributed by atoms with van der Waals surface area (Å²) in [6.45, 7) is 7.88. The number of fused-ring (bicyclic) bond motifs is 1. The molecule has 1 heterocycles. The molecule has 0 radical (unpaired) electrons. The molecular weight excluding hydrogens is 360 g/mol. The standard InChI is InChI=1S/C25H22N2O2/c1-4-14-27-24(28)22(19-13-12-16(2)17(3)15-19)23(25(27)29)26-21-11-7-9-18-8-5-6-10-20(18)21/h4-13,15,26H,1,14H2,2-3H3. The van der Waals surface area contributed by atoms with Crippen LogP contribution < -0.4 is 5.32 Å². The van der Waals surface area contributed by atoms with Crippen molar-refractivity contribution in [2.24, 2.45) is 0 Å². The Bertz CT molecular complexity index is 1190. The summed E-state index contributed by atoms with van der Waals surface area (Å²) in [6.07, 6.45) is 1.56. The molecular formula is C25H22N2O2. The second kappa shape index (κ2) is 7.40. The van der Waals surface area contributed by atoms with E-state index in [0.29, 0.717) is 11.3 Å². The van der Waals surface area contributed by atoms with Crippen molar-refractivity contribution < 1.29 is 9.59 Å². The highest BCUT2D eigenvalue weighted by molar-refractivity contribution is 6.36. The van der Waals surface area contributed by atoms with E-state index >= 15 is 0 Å². The lowest BCUT2D eigenvalue weighted by Crippen LogP contribution is -2.32. The first-order valence-corrected chi connectivity index (χ1v) is 9.55. The van der Waals surface area contributed by atoms with E-state index in [-0.39, 0.29) is 18.4 Å². The highest BCUT2D eigenvalue weighted by Crippen LogP contribution is 2.33. The summed E-state index contributed by atoms with van der Waals surface area (Å²) in [5.74, 6) is -0.642. The van der Waals surface area contributed by atoms with Gasteiger partial charge in [-0.2, -0.15) is 0 Å². The Labute approximate surface area is 170 Å². The topological polar surface area (TPSA) is 49.4 Å². The number of rotatable bonds is 5. The third kappa shape index (κ3) is 3.23. The van der Waals surface area contributed by atoms with Crippen molar-refractivity contribution in [3.05, 3.63) is 95.7 Å². The second-order valence-electron chi connectivity index (χ2n) is 7.21. The zero-order valence-electron chi connectivity index (χ0n) is 16.5. The average Bonchev–Trinajstić information content (AvgIpc) is 2.95. The summed E-state index contributed by atoms with van der Waals surface area (Å²) >= 11 is 0. The molecule has 0 atom stereocenters. The minimum absolute atomic E-state index is 0.173. The van der Waals surface area contributed by atoms with Gasteiger partial charge >= 0.3 is 0 Å². The Balaban J connectivity index is 1.88. The predicted octanol–water partition coefficient (Wildman–Crippen LogP) is 4.83. The molecule has 1 aliphatic rings. The number of carbonyl (C=O) groups is 2. The predicted molar refractivity (Wildman–Crippen MR) is 117 cm³/mol. The van der Waals surface area contributed by atoms with Gasteiger partial charge in [-0.05, 0) is 42.0 Å². The minimum Gasteiger partial charge on any atom is -0.350 e. The Morgan fingerprint density at radius 3 is 2.45 bits per heavy atom. The van der Waals surface area contributed by atoms with Gasteiger partial charge in [0.2, 0.25) is 0 Å². The number of benzene rings is 3. The van der Waals surface area contributed by atoms with Crippen molar-refractivity contribution in [1.82, 2.24) is 4.90 Å². The van der Waals surface area contributed by atoms with Crippen LogP contribution in [0.1, 0.15) is 16.7 Å². The number of nitrogens with one attached hydrogen (secondary N) is 1. The average molecular weight is 382 g/mol. The van der Waals surface area contributed by atoms with Gasteiger partial charge in [0.25, 0.3) is 11.8 Å². The Morgan fingerprint density at radius 1 is 0.931 bits per heavy atom. The Hall–Kier alpha value is -3.66. The molecule has 0 fully saturated rings. The molecule has 0 saturated carbocycles. The molecule has 2 amide bonds. The van der Waals surface area contributed by atoms with E-state index < -0.39 is 0 Å². The summed E-state index contributed by atoms with van der Waals surface area (Å²) < 4.78 is 0. The molecule has 3 aromatic rings. The number of hydrogen-bond acceptors (Lipinski definition) is 3. The maximum atomic E-state index is 13.1. The maximum absolute atomic E-state index is 13.1. The number of carbonyl (C=O) groups excluding carboxylic acids is 2. The fraction of sp³-hybridized carbons (Fsp3) is 0.120. The van der Waals surface area contributed by atoms with Crippen LogP contribution in [0.5, 0.6) is 0 Å². The smallest absolute Gasteiger partial charge is 0.278 e. The number of hydrogen-bond donors (Lipinski definition) is 1. The molecule has 0 aromatic heterocycles. The lowest BCUT2D eigenvalue weighted by molar-refractivity contribution is -0.136. The van der Waals surface area contributed by atoms with E-state index in [1.807, 2.05) is 74.5 Å². The summed E-state index contributed by atoms with van der Waals surface area (Å²) in [7, 11) is 0. The SMILES string of the molecule is C=CCN1C(=O)C(Nc2cccc3ccccc23)=C(c2ccc(C)c(C)c2)C1=O. The lowest BCUT2D eigenvalue weighted by atomic mass is 9.99. The van der Waals surface area contributed by atoms with E-state index in [0.717, 1.165) is 33.2 Å². The molecule has 0 aliphatic carbocycles. The Morgan fingerprint density at radius 2 is 1.69 bits per heavy atom. The van der Waals surface area contributed by atoms with Gasteiger partial charge in [0.1, 0.15) is 5.70 Å². The zero-order chi connectivity index (χ0) is 20.5. The molecule has 4 heteroatoms. The van der Waals surface area contributed by atoms with Gasteiger partial charge in [-0.25, -0.2) is 0 Å². The number of anilines is 1. The fourth-order valence-corrected chi connectivity index (χ4v) is 3.62. The number of imide groups is 1. The first kappa shape index (κ1) is 18.7. The van der Waals surface area contributed by atoms with Crippen molar-refractivity contribution in [2.45, 2.75) is 13.8 Å². The van der Waals surface area contributed by atoms with E-state index in [2.05, 4.69) is 11.9 Å². The highest BCUT2D eigenvalue weighted by atomic mass is 16.2. The fourth-order valence-electron chi connectivity index (χ4n) is 3.62. The van der Waals surface area contributed by atoms with Gasteiger partial charge in [0, 0.05) is 17.6 Å². The molecule has 1 N–H and O–H groups in total. The summed E-state index contributed by atoms with van der Waals surface area (Å²) in [6, 6.07) is 19.6. The van der Waals surface area contributed by atoms with E-state index in [1.165, 1.54) is 4.90 Å². The van der Waals surface area contributed by atoms with Gasteiger partial charge in [-0.15, -0.1) is 6.58 Å². The van der Waals surface area contributed by atoms with Gasteiger partial charge < -0.3 is 5.32 Å². The van der Waals surface area contributed by atoms with Gasteiger partial charge in [-0.1, -0.05) is 60.7 Å². The van der Waals surface area contributed by atoms with Crippen LogP contribution in [-0.2, 0) is 9.59 Å². The molecule has 4 nitrogen and oxygen atoms in total. The summed E-state index contributed by atoms with van der Waals surface area (Å²) in [5, 5.41) is 5.32. The van der Waals surface area contributed by atoms with Crippen molar-refractivity contribution in [2.75, 3.05) is 11.9 Å². The van der Waals surface area contributed by atoms with Crippen LogP contribution in [0.15, 0.2) is 79.0 Å². The highest BCUT2D eigenvalue weighted by Gasteiger charge is 2.38. The van der Waals surface area contributed by atoms with Crippen molar-refractivity contribution in [1.29, 1.82) is 0 Å². The molecule has 0 saturated heterocycles. The molecule has 29 heavy (non-hydrogen) atoms.